The number of fused-ring (bicyclic) bond motifs is 12. The van der Waals surface area contributed by atoms with E-state index >= 15 is 0 Å². The molecule has 8 aromatic rings. The Balaban J connectivity index is 0.000000167. The smallest absolute Gasteiger partial charge is 0.870 e. The first-order valence-corrected chi connectivity index (χ1v) is 59.0. The molecule has 43 heteroatoms. The molecule has 35 nitrogen and oxygen atoms in total. The Morgan fingerprint density at radius 1 is 0.424 bits per heavy atom. The Kier molecular flexibility index (Phi) is 43.2. The van der Waals surface area contributed by atoms with Crippen LogP contribution in [-0.4, -0.2) is 323 Å². The molecule has 4 aliphatic heterocycles. The summed E-state index contributed by atoms with van der Waals surface area (Å²) in [6.45, 7) is 9.76. The van der Waals surface area contributed by atoms with Crippen LogP contribution in [0.15, 0.2) is 25.3 Å². The number of nitriles is 1. The number of aryl methyl sites for hydroxylation is 4. The van der Waals surface area contributed by atoms with Gasteiger partial charge in [-0.2, -0.15) is 13.7 Å². The Bertz CT molecular complexity index is 5850. The molecule has 788 valence electrons. The van der Waals surface area contributed by atoms with E-state index in [2.05, 4.69) is 104 Å². The van der Waals surface area contributed by atoms with Crippen molar-refractivity contribution in [2.24, 2.45) is 5.73 Å². The van der Waals surface area contributed by atoms with Crippen molar-refractivity contribution in [2.75, 3.05) is 132 Å². The van der Waals surface area contributed by atoms with Crippen molar-refractivity contribution in [1.82, 2.24) is 79.1 Å². The van der Waals surface area contributed by atoms with E-state index < -0.39 is 19.2 Å². The zero-order chi connectivity index (χ0) is 98.3. The summed E-state index contributed by atoms with van der Waals surface area (Å²) in [4.78, 5) is 124. The van der Waals surface area contributed by atoms with E-state index in [0.29, 0.717) is 99.1 Å². The number of rotatable bonds is 31. The van der Waals surface area contributed by atoms with E-state index in [1.165, 1.54) is 41.8 Å². The number of primary amides is 1. The van der Waals surface area contributed by atoms with Gasteiger partial charge in [0.1, 0.15) is 69.0 Å². The minimum absolute atomic E-state index is 0. The minimum Gasteiger partial charge on any atom is -0.870 e. The summed E-state index contributed by atoms with van der Waals surface area (Å²) in [5.41, 5.74) is 10.6. The summed E-state index contributed by atoms with van der Waals surface area (Å²) in [5.74, 6) is 4.94. The van der Waals surface area contributed by atoms with Crippen molar-refractivity contribution >= 4 is 146 Å². The van der Waals surface area contributed by atoms with Crippen LogP contribution in [0.25, 0.3) is 40.9 Å². The molecular formula is C101H148ClLiN18O17S6. The molecule has 144 heavy (non-hydrogen) atoms. The van der Waals surface area contributed by atoms with Crippen LogP contribution < -0.4 is 43.5 Å². The fourth-order valence-electron chi connectivity index (χ4n) is 23.4. The fraction of sp³-hybridized carbons (Fsp3) is 0.703. The van der Waals surface area contributed by atoms with E-state index in [4.69, 9.17) is 34.1 Å². The number of carbonyl (C=O) groups excluding carboxylic acids is 5. The van der Waals surface area contributed by atoms with Crippen LogP contribution >= 0.6 is 56.0 Å². The quantitative estimate of drug-likeness (QED) is 0.0231. The second-order valence-corrected chi connectivity index (χ2v) is 49.6. The molecule has 8 aliphatic carbocycles. The molecule has 6 N–H and O–H groups in total. The number of likely N-dealkylation sites (tertiary alicyclic amines) is 4. The van der Waals surface area contributed by atoms with Gasteiger partial charge in [0.15, 0.2) is 0 Å². The van der Waals surface area contributed by atoms with Crippen LogP contribution in [0.3, 0.4) is 0 Å². The summed E-state index contributed by atoms with van der Waals surface area (Å²) >= 11 is 6.94. The molecule has 0 radical (unpaired) electrons. The van der Waals surface area contributed by atoms with Crippen molar-refractivity contribution in [3.8, 4) is 29.6 Å². The number of aromatic nitrogens is 8. The second kappa shape index (κ2) is 53.9. The molecule has 0 spiro atoms. The Morgan fingerprint density at radius 2 is 0.667 bits per heavy atom. The summed E-state index contributed by atoms with van der Waals surface area (Å²) in [6, 6.07) is 3.98. The molecule has 12 aliphatic rings. The number of carbonyl (C=O) groups is 5. The topological polar surface area (TPSA) is 460 Å². The Hall–Kier alpha value is -7.33. The van der Waals surface area contributed by atoms with Crippen LogP contribution in [0.1, 0.15) is 291 Å². The Morgan fingerprint density at radius 3 is 0.903 bits per heavy atom. The van der Waals surface area contributed by atoms with E-state index in [1.54, 1.807) is 70.7 Å². The van der Waals surface area contributed by atoms with Gasteiger partial charge in [-0.25, -0.2) is 48.3 Å². The first kappa shape index (κ1) is 115. The maximum atomic E-state index is 12.5. The summed E-state index contributed by atoms with van der Waals surface area (Å²) in [5, 5.41) is 22.8. The molecule has 5 amide bonds. The van der Waals surface area contributed by atoms with Gasteiger partial charge in [-0.3, -0.25) is 47.8 Å². The van der Waals surface area contributed by atoms with Gasteiger partial charge >= 0.3 is 18.9 Å². The summed E-state index contributed by atoms with van der Waals surface area (Å²) in [6.07, 6.45) is 46.3. The van der Waals surface area contributed by atoms with Crippen molar-refractivity contribution in [2.45, 2.75) is 324 Å². The number of aliphatic hydroxyl groups is 1. The predicted molar refractivity (Wildman–Crippen MR) is 558 cm³/mol. The van der Waals surface area contributed by atoms with Crippen LogP contribution in [-0.2, 0) is 73.0 Å². The SMILES string of the molecule is C.CN(CC(=O)N1CCCC1)C1CCC(Oc2ncnc3sc4c(c23)[C@@H](CCC#N)CC4)CC1.CN(CC(=O)N1CCCC1)C1CCC(Oc2ncnc3sc4c(c23)[C@@H](CCC(N)=O)CC4)CC1.CN(CC(=O)N1CCCC1)C1CCC(Oc2ncnc3sc4c(c23)[C@@H](CCO)CC4)CC1.CN(CC(=O)N1CCCC1)C1CCC(Oc2ncnc3sc4c(c23)[C@@H](CCOS(C)(=O)=O)CC4)CC1.CS(=O)(=O)Cl.O.[Li+].[OH-]. The third kappa shape index (κ3) is 29.9. The molecule has 0 bridgehead atoms. The Labute approximate surface area is 880 Å². The number of hydrogen-bond donors (Lipinski definition) is 2. The van der Waals surface area contributed by atoms with Crippen LogP contribution in [0.4, 0.5) is 0 Å². The van der Waals surface area contributed by atoms with Gasteiger partial charge < -0.3 is 60.3 Å². The third-order valence-corrected chi connectivity index (χ3v) is 36.2. The normalized spacial score (nSPS) is 23.7. The molecule has 12 heterocycles. The molecule has 20 rings (SSSR count). The largest absolute Gasteiger partial charge is 1.00 e. The van der Waals surface area contributed by atoms with Crippen LogP contribution in [0.5, 0.6) is 23.5 Å². The summed E-state index contributed by atoms with van der Waals surface area (Å²) < 4.78 is 72.5. The molecular weight excluding hydrogens is 1970 g/mol. The maximum Gasteiger partial charge on any atom is 1.00 e. The molecule has 0 unspecified atom stereocenters. The van der Waals surface area contributed by atoms with Gasteiger partial charge in [0, 0.05) is 126 Å². The molecule has 8 fully saturated rings. The number of ether oxygens (including phenoxy) is 4. The number of amides is 5. The maximum absolute atomic E-state index is 12.5. The number of halogens is 1. The molecule has 4 saturated carbocycles. The molecule has 0 aromatic carbocycles. The minimum atomic E-state index is -3.44. The summed E-state index contributed by atoms with van der Waals surface area (Å²) in [7, 11) is 6.18. The average Bonchev–Trinajstić information content (AvgIpc) is 1.62. The van der Waals surface area contributed by atoms with Gasteiger partial charge in [0.2, 0.25) is 62.1 Å². The van der Waals surface area contributed by atoms with Gasteiger partial charge in [-0.15, -0.1) is 45.3 Å². The molecule has 4 saturated heterocycles. The number of thiophene rings is 4. The predicted octanol–water partition coefficient (Wildman–Crippen LogP) is 11.0. The van der Waals surface area contributed by atoms with E-state index in [1.807, 2.05) is 19.6 Å². The fourth-order valence-corrected chi connectivity index (χ4v) is 28.7. The zero-order valence-corrected chi connectivity index (χ0v) is 89.8. The van der Waals surface area contributed by atoms with Gasteiger partial charge in [0.25, 0.3) is 10.1 Å². The number of likely N-dealkylation sites (N-methyl/N-ethyl adjacent to an activating group) is 4. The number of nitrogens with two attached hydrogens (primary N) is 1. The first-order valence-electron chi connectivity index (χ1n) is 51.2. The first-order chi connectivity index (χ1) is 67.5. The average molecular weight is 2120 g/mol. The van der Waals surface area contributed by atoms with Gasteiger partial charge in [-0.1, -0.05) is 7.43 Å². The van der Waals surface area contributed by atoms with Crippen LogP contribution in [0, 0.1) is 11.3 Å². The van der Waals surface area contributed by atoms with Crippen molar-refractivity contribution in [1.29, 1.82) is 5.26 Å². The van der Waals surface area contributed by atoms with Crippen molar-refractivity contribution < 1.29 is 98.9 Å². The molecule has 4 atom stereocenters. The number of aliphatic hydroxyl groups excluding tert-OH is 1. The van der Waals surface area contributed by atoms with Gasteiger partial charge in [0.05, 0.1) is 72.9 Å². The standard InChI is InChI=1S/C25H35N5O3S.C25H33N5O2S.C25H36N4O5S2.C24H34N4O3S.CH3ClO2S.CH4.Li.2H2O/c1-29(14-21(32)30-12-2-3-13-30)17-6-8-18(9-7-17)33-24-23-22-16(5-11-20(26)31)4-10-19(22)34-25(23)28-15-27-24;1-29(15-21(31)30-13-2-3-14-30)18-7-9-19(10-8-18)32-24-23-22-17(5-4-12-26)6-11-20(22)33-25(23)28-16-27-24;1-28(15-21(30)29-12-3-4-13-29)18-6-8-19(9-7-18)34-24-23-22-17(11-14-33-36(2,31)32)5-10-20(22)35-25(23)27-16-26-24;1-27(14-20(30)28-11-2-3-12-28)17-5-7-18(8-6-17)31-23-22-21-16(10-13-29)4-9-19(21)32-24(22)26-15-25-23;1-5(2,3)4;;;;/h15-18H,2-14H2,1H3,(H2,26,31);16-19H,2-11,13-15H2,1H3;16-19H,3-15H2,1-2H3;15-18,29H,2-14H2,1H3;1H3;1H4;;2*1H2/q;;;;;;+1;;/p-1/t16-,17?,18?;2*17-,18?,19?;16-,17?,18?;;;;;/m1011...../s1. The second-order valence-electron chi connectivity index (χ2n) is 40.6. The zero-order valence-electron chi connectivity index (χ0n) is 84.1. The number of hydrogen-bond acceptors (Lipinski definition) is 33. The van der Waals surface area contributed by atoms with Crippen molar-refractivity contribution in [3.05, 3.63) is 67.1 Å². The van der Waals surface area contributed by atoms with Crippen LogP contribution in [0.2, 0.25) is 0 Å². The van der Waals surface area contributed by atoms with E-state index in [0.717, 1.165) is 342 Å². The van der Waals surface area contributed by atoms with E-state index in [9.17, 15) is 45.9 Å². The number of nitrogens with zero attached hydrogens (tertiary/aromatic N) is 17. The monoisotopic (exact) mass is 2120 g/mol. The van der Waals surface area contributed by atoms with E-state index in [-0.39, 0.29) is 110 Å². The molecule has 8 aromatic heterocycles. The third-order valence-electron chi connectivity index (χ3n) is 30.9. The van der Waals surface area contributed by atoms with Gasteiger partial charge in [-0.05, 0) is 305 Å². The van der Waals surface area contributed by atoms with Crippen molar-refractivity contribution in [3.63, 3.8) is 0 Å².